The zero-order chi connectivity index (χ0) is 17.4. The van der Waals surface area contributed by atoms with E-state index in [1.165, 1.54) is 5.56 Å². The highest BCUT2D eigenvalue weighted by Crippen LogP contribution is 2.35. The number of aliphatic carboxylic acids is 1. The van der Waals surface area contributed by atoms with Crippen LogP contribution in [0.4, 0.5) is 0 Å². The van der Waals surface area contributed by atoms with Gasteiger partial charge in [-0.2, -0.15) is 0 Å². The van der Waals surface area contributed by atoms with E-state index in [0.29, 0.717) is 5.75 Å². The number of rotatable bonds is 4. The number of aromatic nitrogens is 1. The SMILES string of the molecule is COc1cc2c(cc1OC)CCC(C=CC(=O)O)=C2.c1cc[nH]c1. The molecule has 0 saturated carbocycles. The first-order valence-electron chi connectivity index (χ1n) is 7.58. The Bertz CT molecular complexity index is 713. The Balaban J connectivity index is 0.000000355. The second kappa shape index (κ2) is 8.62. The van der Waals surface area contributed by atoms with Crippen molar-refractivity contribution in [2.45, 2.75) is 12.8 Å². The van der Waals surface area contributed by atoms with Crippen LogP contribution in [0.1, 0.15) is 17.5 Å². The van der Waals surface area contributed by atoms with Crippen LogP contribution in [0.15, 0.2) is 54.4 Å². The highest BCUT2D eigenvalue weighted by Gasteiger charge is 2.14. The van der Waals surface area contributed by atoms with Crippen molar-refractivity contribution in [3.63, 3.8) is 0 Å². The molecule has 1 aromatic carbocycles. The molecule has 5 heteroatoms. The number of hydrogen-bond donors (Lipinski definition) is 2. The number of carboxylic acids is 1. The maximum atomic E-state index is 10.5. The number of aryl methyl sites for hydroxylation is 1. The molecule has 2 N–H and O–H groups in total. The largest absolute Gasteiger partial charge is 0.493 e. The lowest BCUT2D eigenvalue weighted by molar-refractivity contribution is -0.131. The van der Waals surface area contributed by atoms with Gasteiger partial charge in [0.25, 0.3) is 0 Å². The van der Waals surface area contributed by atoms with E-state index in [4.69, 9.17) is 14.6 Å². The van der Waals surface area contributed by atoms with Crippen LogP contribution in [0.3, 0.4) is 0 Å². The molecular weight excluding hydrogens is 306 g/mol. The van der Waals surface area contributed by atoms with Gasteiger partial charge in [-0.1, -0.05) is 12.2 Å². The van der Waals surface area contributed by atoms with E-state index < -0.39 is 5.97 Å². The average molecular weight is 327 g/mol. The Labute approximate surface area is 141 Å². The van der Waals surface area contributed by atoms with Crippen LogP contribution in [-0.2, 0) is 11.2 Å². The Morgan fingerprint density at radius 2 is 1.79 bits per heavy atom. The topological polar surface area (TPSA) is 71.6 Å². The number of carboxylic acid groups (broad SMARTS) is 1. The lowest BCUT2D eigenvalue weighted by Gasteiger charge is -2.17. The molecule has 126 valence electrons. The van der Waals surface area contributed by atoms with Crippen molar-refractivity contribution in [2.75, 3.05) is 14.2 Å². The average Bonchev–Trinajstić information content (AvgIpc) is 3.18. The third kappa shape index (κ3) is 4.78. The molecule has 0 unspecified atom stereocenters. The number of benzene rings is 1. The van der Waals surface area contributed by atoms with Gasteiger partial charge in [-0.3, -0.25) is 0 Å². The smallest absolute Gasteiger partial charge is 0.328 e. The van der Waals surface area contributed by atoms with Gasteiger partial charge >= 0.3 is 5.97 Å². The predicted molar refractivity (Wildman–Crippen MR) is 93.4 cm³/mol. The lowest BCUT2D eigenvalue weighted by atomic mass is 9.91. The summed E-state index contributed by atoms with van der Waals surface area (Å²) in [5.41, 5.74) is 3.24. The molecule has 0 aliphatic heterocycles. The minimum absolute atomic E-state index is 0.681. The molecule has 3 rings (SSSR count). The van der Waals surface area contributed by atoms with E-state index in [2.05, 4.69) is 4.98 Å². The molecule has 0 radical (unpaired) electrons. The van der Waals surface area contributed by atoms with Gasteiger partial charge in [0.15, 0.2) is 11.5 Å². The molecule has 0 amide bonds. The second-order valence-corrected chi connectivity index (χ2v) is 5.18. The molecular formula is C19H21NO4. The fourth-order valence-corrected chi connectivity index (χ4v) is 2.43. The Kier molecular flexibility index (Phi) is 6.25. The molecule has 2 aromatic rings. The van der Waals surface area contributed by atoms with Crippen molar-refractivity contribution < 1.29 is 19.4 Å². The molecule has 1 aromatic heterocycles. The fourth-order valence-electron chi connectivity index (χ4n) is 2.43. The summed E-state index contributed by atoms with van der Waals surface area (Å²) in [6, 6.07) is 7.78. The zero-order valence-electron chi connectivity index (χ0n) is 13.8. The summed E-state index contributed by atoms with van der Waals surface area (Å²) in [7, 11) is 3.21. The van der Waals surface area contributed by atoms with Gasteiger partial charge in [-0.25, -0.2) is 4.79 Å². The van der Waals surface area contributed by atoms with Gasteiger partial charge in [0.05, 0.1) is 14.2 Å². The molecule has 1 aliphatic carbocycles. The quantitative estimate of drug-likeness (QED) is 0.840. The Hall–Kier alpha value is -2.95. The first-order chi connectivity index (χ1) is 11.6. The van der Waals surface area contributed by atoms with Crippen LogP contribution < -0.4 is 9.47 Å². The fraction of sp³-hybridized carbons (Fsp3) is 0.211. The van der Waals surface area contributed by atoms with Crippen molar-refractivity contribution >= 4 is 12.0 Å². The van der Waals surface area contributed by atoms with Crippen LogP contribution in [0, 0.1) is 0 Å². The molecule has 0 atom stereocenters. The first kappa shape index (κ1) is 17.4. The summed E-state index contributed by atoms with van der Waals surface area (Å²) >= 11 is 0. The van der Waals surface area contributed by atoms with Crippen molar-refractivity contribution in [2.24, 2.45) is 0 Å². The third-order valence-electron chi connectivity index (χ3n) is 3.61. The van der Waals surface area contributed by atoms with Crippen LogP contribution in [0.5, 0.6) is 11.5 Å². The van der Waals surface area contributed by atoms with Crippen LogP contribution in [0.2, 0.25) is 0 Å². The minimum atomic E-state index is -0.931. The minimum Gasteiger partial charge on any atom is -0.493 e. The van der Waals surface area contributed by atoms with E-state index in [1.807, 2.05) is 42.7 Å². The summed E-state index contributed by atoms with van der Waals surface area (Å²) in [5, 5.41) is 8.64. The Morgan fingerprint density at radius 3 is 2.33 bits per heavy atom. The molecule has 0 bridgehead atoms. The van der Waals surface area contributed by atoms with Crippen LogP contribution >= 0.6 is 0 Å². The number of aromatic amines is 1. The number of nitrogens with one attached hydrogen (secondary N) is 1. The molecule has 0 fully saturated rings. The van der Waals surface area contributed by atoms with Gasteiger partial charge < -0.3 is 19.6 Å². The van der Waals surface area contributed by atoms with E-state index in [1.54, 1.807) is 20.3 Å². The van der Waals surface area contributed by atoms with Crippen molar-refractivity contribution in [1.29, 1.82) is 0 Å². The molecule has 5 nitrogen and oxygen atoms in total. The highest BCUT2D eigenvalue weighted by molar-refractivity contribution is 5.81. The normalized spacial score (nSPS) is 12.7. The van der Waals surface area contributed by atoms with Gasteiger partial charge in [0.2, 0.25) is 0 Å². The number of carbonyl (C=O) groups is 1. The number of hydrogen-bond acceptors (Lipinski definition) is 3. The maximum Gasteiger partial charge on any atom is 0.328 e. The number of ether oxygens (including phenoxy) is 2. The van der Waals surface area contributed by atoms with Gasteiger partial charge in [0, 0.05) is 18.5 Å². The zero-order valence-corrected chi connectivity index (χ0v) is 13.8. The first-order valence-corrected chi connectivity index (χ1v) is 7.58. The van der Waals surface area contributed by atoms with E-state index in [0.717, 1.165) is 35.8 Å². The van der Waals surface area contributed by atoms with Crippen LogP contribution in [0.25, 0.3) is 6.08 Å². The van der Waals surface area contributed by atoms with E-state index in [-0.39, 0.29) is 0 Å². The lowest BCUT2D eigenvalue weighted by Crippen LogP contribution is -2.01. The van der Waals surface area contributed by atoms with E-state index in [9.17, 15) is 4.79 Å². The molecule has 1 heterocycles. The summed E-state index contributed by atoms with van der Waals surface area (Å²) in [5.74, 6) is 0.471. The molecule has 24 heavy (non-hydrogen) atoms. The van der Waals surface area contributed by atoms with E-state index >= 15 is 0 Å². The van der Waals surface area contributed by atoms with Crippen molar-refractivity contribution in [1.82, 2.24) is 4.98 Å². The summed E-state index contributed by atoms with van der Waals surface area (Å²) in [4.78, 5) is 13.4. The second-order valence-electron chi connectivity index (χ2n) is 5.18. The van der Waals surface area contributed by atoms with Crippen molar-refractivity contribution in [3.8, 4) is 11.5 Å². The van der Waals surface area contributed by atoms with Crippen LogP contribution in [-0.4, -0.2) is 30.3 Å². The third-order valence-corrected chi connectivity index (χ3v) is 3.61. The summed E-state index contributed by atoms with van der Waals surface area (Å²) in [6.07, 6.45) is 10.2. The number of allylic oxidation sites excluding steroid dienone is 2. The predicted octanol–water partition coefficient (Wildman–Crippen LogP) is 3.69. The number of methoxy groups -OCH3 is 2. The van der Waals surface area contributed by atoms with Gasteiger partial charge in [0.1, 0.15) is 0 Å². The van der Waals surface area contributed by atoms with Gasteiger partial charge in [-0.15, -0.1) is 0 Å². The van der Waals surface area contributed by atoms with Gasteiger partial charge in [-0.05, 0) is 53.8 Å². The highest BCUT2D eigenvalue weighted by atomic mass is 16.5. The standard InChI is InChI=1S/C15H16O4.C4H5N/c1-18-13-8-11-5-3-10(4-6-15(16)17)7-12(11)9-14(13)19-2;1-2-4-5-3-1/h4,6-9H,3,5H2,1-2H3,(H,16,17);1-5H. The molecule has 0 saturated heterocycles. The maximum absolute atomic E-state index is 10.5. The number of fused-ring (bicyclic) bond motifs is 1. The molecule has 0 spiro atoms. The summed E-state index contributed by atoms with van der Waals surface area (Å²) in [6.45, 7) is 0. The Morgan fingerprint density at radius 1 is 1.12 bits per heavy atom. The summed E-state index contributed by atoms with van der Waals surface area (Å²) < 4.78 is 10.5. The van der Waals surface area contributed by atoms with Crippen molar-refractivity contribution in [3.05, 3.63) is 65.5 Å². The molecule has 1 aliphatic rings. The monoisotopic (exact) mass is 327 g/mol. The number of H-pyrrole nitrogens is 1.